The van der Waals surface area contributed by atoms with Gasteiger partial charge in [-0.15, -0.1) is 0 Å². The minimum absolute atomic E-state index is 0.193. The van der Waals surface area contributed by atoms with Gasteiger partial charge in [0.05, 0.1) is 36.3 Å². The Kier molecular flexibility index (Phi) is 9.39. The number of ether oxygens (including phenoxy) is 3. The fourth-order valence-corrected chi connectivity index (χ4v) is 4.66. The summed E-state index contributed by atoms with van der Waals surface area (Å²) in [6.07, 6.45) is 4.86. The van der Waals surface area contributed by atoms with E-state index >= 15 is 0 Å². The van der Waals surface area contributed by atoms with Crippen LogP contribution in [0, 0.1) is 6.92 Å². The van der Waals surface area contributed by atoms with Gasteiger partial charge in [0.2, 0.25) is 5.88 Å². The fourth-order valence-electron chi connectivity index (χ4n) is 4.66. The first-order valence-corrected chi connectivity index (χ1v) is 13.0. The summed E-state index contributed by atoms with van der Waals surface area (Å²) in [5, 5.41) is 15.6. The zero-order valence-corrected chi connectivity index (χ0v) is 21.7. The highest BCUT2D eigenvalue weighted by molar-refractivity contribution is 5.44. The van der Waals surface area contributed by atoms with Crippen LogP contribution in [0.1, 0.15) is 50.3 Å². The van der Waals surface area contributed by atoms with Crippen molar-refractivity contribution in [3.8, 4) is 23.1 Å². The van der Waals surface area contributed by atoms with E-state index in [2.05, 4.69) is 11.8 Å². The summed E-state index contributed by atoms with van der Waals surface area (Å²) in [6, 6.07) is 17.6. The number of nitrogens with zero attached hydrogens (tertiary/aromatic N) is 3. The van der Waals surface area contributed by atoms with E-state index < -0.39 is 0 Å². The van der Waals surface area contributed by atoms with Gasteiger partial charge in [0, 0.05) is 26.2 Å². The van der Waals surface area contributed by atoms with E-state index in [1.807, 2.05) is 66.2 Å². The summed E-state index contributed by atoms with van der Waals surface area (Å²) in [5.41, 5.74) is 2.85. The largest absolute Gasteiger partial charge is 0.497 e. The van der Waals surface area contributed by atoms with E-state index in [-0.39, 0.29) is 12.2 Å². The number of aromatic nitrogens is 2. The van der Waals surface area contributed by atoms with Crippen molar-refractivity contribution in [3.63, 3.8) is 0 Å². The van der Waals surface area contributed by atoms with Gasteiger partial charge in [-0.05, 0) is 62.6 Å². The maximum absolute atomic E-state index is 10.8. The number of aliphatic hydroxyl groups excluding tert-OH is 1. The third-order valence-electron chi connectivity index (χ3n) is 6.64. The van der Waals surface area contributed by atoms with Gasteiger partial charge in [-0.3, -0.25) is 4.90 Å². The van der Waals surface area contributed by atoms with Crippen LogP contribution in [0.4, 0.5) is 0 Å². The fraction of sp³-hybridized carbons (Fsp3) is 0.483. The summed E-state index contributed by atoms with van der Waals surface area (Å²) >= 11 is 0. The second kappa shape index (κ2) is 12.9. The summed E-state index contributed by atoms with van der Waals surface area (Å²) in [7, 11) is 1.65. The molecule has 1 aliphatic rings. The normalized spacial score (nSPS) is 16.4. The molecule has 1 aliphatic heterocycles. The molecule has 7 nitrogen and oxygen atoms in total. The molecule has 2 heterocycles. The number of para-hydroxylation sites is 1. The first-order valence-electron chi connectivity index (χ1n) is 13.0. The maximum Gasteiger partial charge on any atom is 0.227 e. The number of aryl methyl sites for hydroxylation is 1. The van der Waals surface area contributed by atoms with Crippen molar-refractivity contribution in [2.24, 2.45) is 0 Å². The van der Waals surface area contributed by atoms with Crippen molar-refractivity contribution in [3.05, 3.63) is 65.9 Å². The molecule has 3 aromatic rings. The number of aliphatic hydroxyl groups is 1. The third-order valence-corrected chi connectivity index (χ3v) is 6.64. The molecule has 7 heteroatoms. The van der Waals surface area contributed by atoms with Crippen LogP contribution < -0.4 is 9.47 Å². The Morgan fingerprint density at radius 2 is 1.89 bits per heavy atom. The number of rotatable bonds is 13. The SMILES string of the molecule is CCCC[C@H](O)CN(Cc1c(C)nn(-c2ccccc2)c1Oc1ccc(OC)cc1)C[C@H]1CCCO1. The van der Waals surface area contributed by atoms with E-state index in [1.54, 1.807) is 7.11 Å². The van der Waals surface area contributed by atoms with Gasteiger partial charge in [0.25, 0.3) is 0 Å². The number of hydrogen-bond donors (Lipinski definition) is 1. The molecule has 36 heavy (non-hydrogen) atoms. The molecule has 0 saturated carbocycles. The standard InChI is InChI=1S/C29H39N3O4/c1-4-5-12-24(33)19-31(20-27-13-9-18-35-27)21-28-22(2)30-32(23-10-7-6-8-11-23)29(28)36-26-16-14-25(34-3)15-17-26/h6-8,10-11,14-17,24,27,33H,4-5,9,12-13,18-21H2,1-3H3/t24-,27+/m0/s1. The van der Waals surface area contributed by atoms with Gasteiger partial charge in [-0.2, -0.15) is 5.10 Å². The minimum Gasteiger partial charge on any atom is -0.497 e. The molecule has 194 valence electrons. The molecule has 0 aliphatic carbocycles. The van der Waals surface area contributed by atoms with Crippen molar-refractivity contribution in [1.29, 1.82) is 0 Å². The molecule has 0 amide bonds. The summed E-state index contributed by atoms with van der Waals surface area (Å²) in [6.45, 7) is 6.98. The van der Waals surface area contributed by atoms with Crippen LogP contribution in [0.25, 0.3) is 5.69 Å². The van der Waals surface area contributed by atoms with Gasteiger partial charge in [0.1, 0.15) is 11.5 Å². The predicted octanol–water partition coefficient (Wildman–Crippen LogP) is 5.51. The maximum atomic E-state index is 10.8. The molecule has 2 atom stereocenters. The smallest absolute Gasteiger partial charge is 0.227 e. The van der Waals surface area contributed by atoms with Gasteiger partial charge in [0.15, 0.2) is 0 Å². The van der Waals surface area contributed by atoms with Crippen LogP contribution in [0.2, 0.25) is 0 Å². The minimum atomic E-state index is -0.373. The van der Waals surface area contributed by atoms with Crippen molar-refractivity contribution in [1.82, 2.24) is 14.7 Å². The van der Waals surface area contributed by atoms with Crippen molar-refractivity contribution in [2.75, 3.05) is 26.8 Å². The Hall–Kier alpha value is -2.87. The van der Waals surface area contributed by atoms with Crippen molar-refractivity contribution < 1.29 is 19.3 Å². The molecule has 1 N–H and O–H groups in total. The first kappa shape index (κ1) is 26.2. The van der Waals surface area contributed by atoms with Crippen LogP contribution in [0.3, 0.4) is 0 Å². The number of methoxy groups -OCH3 is 1. The Balaban J connectivity index is 1.65. The second-order valence-corrected chi connectivity index (χ2v) is 9.52. The van der Waals surface area contributed by atoms with Gasteiger partial charge < -0.3 is 19.3 Å². The average Bonchev–Trinajstić information content (AvgIpc) is 3.52. The number of benzene rings is 2. The monoisotopic (exact) mass is 493 g/mol. The molecule has 0 unspecified atom stereocenters. The van der Waals surface area contributed by atoms with Gasteiger partial charge in [-0.1, -0.05) is 38.0 Å². The van der Waals surface area contributed by atoms with E-state index in [0.29, 0.717) is 24.7 Å². The summed E-state index contributed by atoms with van der Waals surface area (Å²) in [5.74, 6) is 2.17. The second-order valence-electron chi connectivity index (χ2n) is 9.52. The molecule has 0 bridgehead atoms. The zero-order valence-electron chi connectivity index (χ0n) is 21.7. The van der Waals surface area contributed by atoms with Crippen LogP contribution in [-0.2, 0) is 11.3 Å². The van der Waals surface area contributed by atoms with E-state index in [9.17, 15) is 5.11 Å². The van der Waals surface area contributed by atoms with E-state index in [1.165, 1.54) is 0 Å². The molecule has 1 saturated heterocycles. The molecule has 1 fully saturated rings. The van der Waals surface area contributed by atoms with Crippen LogP contribution >= 0.6 is 0 Å². The average molecular weight is 494 g/mol. The van der Waals surface area contributed by atoms with Crippen LogP contribution in [0.5, 0.6) is 17.4 Å². The van der Waals surface area contributed by atoms with Crippen molar-refractivity contribution in [2.45, 2.75) is 64.7 Å². The third kappa shape index (κ3) is 6.87. The Morgan fingerprint density at radius 3 is 2.56 bits per heavy atom. The predicted molar refractivity (Wildman–Crippen MR) is 141 cm³/mol. The Labute approximate surface area is 214 Å². The lowest BCUT2D eigenvalue weighted by Crippen LogP contribution is -2.37. The van der Waals surface area contributed by atoms with Gasteiger partial charge >= 0.3 is 0 Å². The lowest BCUT2D eigenvalue weighted by molar-refractivity contribution is 0.0434. The molecule has 0 radical (unpaired) electrons. The van der Waals surface area contributed by atoms with Gasteiger partial charge in [-0.25, -0.2) is 4.68 Å². The quantitative estimate of drug-likeness (QED) is 0.338. The molecule has 0 spiro atoms. The van der Waals surface area contributed by atoms with Crippen molar-refractivity contribution >= 4 is 0 Å². The summed E-state index contributed by atoms with van der Waals surface area (Å²) < 4.78 is 19.6. The van der Waals surface area contributed by atoms with E-state index in [4.69, 9.17) is 19.3 Å². The zero-order chi connectivity index (χ0) is 25.3. The van der Waals surface area contributed by atoms with Crippen LogP contribution in [-0.4, -0.2) is 58.8 Å². The highest BCUT2D eigenvalue weighted by atomic mass is 16.5. The molecule has 1 aromatic heterocycles. The van der Waals surface area contributed by atoms with E-state index in [0.717, 1.165) is 68.0 Å². The Morgan fingerprint density at radius 1 is 1.14 bits per heavy atom. The highest BCUT2D eigenvalue weighted by Crippen LogP contribution is 2.33. The molecular weight excluding hydrogens is 454 g/mol. The number of hydrogen-bond acceptors (Lipinski definition) is 6. The lowest BCUT2D eigenvalue weighted by Gasteiger charge is -2.27. The molecule has 2 aromatic carbocycles. The first-order chi connectivity index (χ1) is 17.6. The Bertz CT molecular complexity index is 1060. The lowest BCUT2D eigenvalue weighted by atomic mass is 10.1. The number of unbranched alkanes of at least 4 members (excludes halogenated alkanes) is 1. The van der Waals surface area contributed by atoms with Crippen LogP contribution in [0.15, 0.2) is 54.6 Å². The molecular formula is C29H39N3O4. The molecule has 4 rings (SSSR count). The topological polar surface area (TPSA) is 69.0 Å². The highest BCUT2D eigenvalue weighted by Gasteiger charge is 2.26. The summed E-state index contributed by atoms with van der Waals surface area (Å²) in [4.78, 5) is 2.30.